The van der Waals surface area contributed by atoms with Crippen molar-refractivity contribution in [1.29, 1.82) is 0 Å². The molecule has 0 saturated heterocycles. The van der Waals surface area contributed by atoms with Gasteiger partial charge < -0.3 is 10.4 Å². The smallest absolute Gasteiger partial charge is 0.227 e. The molecule has 0 bridgehead atoms. The number of hydrogen-bond donors (Lipinski definition) is 2. The summed E-state index contributed by atoms with van der Waals surface area (Å²) >= 11 is 0. The number of phenols is 1. The molecule has 0 aliphatic carbocycles. The number of nitrogens with one attached hydrogen (secondary N) is 1. The van der Waals surface area contributed by atoms with E-state index in [4.69, 9.17) is 0 Å². The van der Waals surface area contributed by atoms with Gasteiger partial charge in [-0.1, -0.05) is 19.9 Å². The van der Waals surface area contributed by atoms with Crippen LogP contribution in [0.15, 0.2) is 24.3 Å². The van der Waals surface area contributed by atoms with E-state index in [1.807, 2.05) is 13.8 Å². The van der Waals surface area contributed by atoms with Crippen LogP contribution in [0.3, 0.4) is 0 Å². The Labute approximate surface area is 83.8 Å². The van der Waals surface area contributed by atoms with E-state index < -0.39 is 0 Å². The van der Waals surface area contributed by atoms with Crippen molar-refractivity contribution in [1.82, 2.24) is 0 Å². The summed E-state index contributed by atoms with van der Waals surface area (Å²) in [6.07, 6.45) is 0.810. The molecule has 1 unspecified atom stereocenters. The van der Waals surface area contributed by atoms with Crippen molar-refractivity contribution in [2.24, 2.45) is 5.92 Å². The van der Waals surface area contributed by atoms with E-state index in [2.05, 4.69) is 5.32 Å². The molecule has 0 fully saturated rings. The molecule has 0 saturated carbocycles. The summed E-state index contributed by atoms with van der Waals surface area (Å²) in [5.74, 6) is 0.141. The van der Waals surface area contributed by atoms with Gasteiger partial charge in [-0.25, -0.2) is 0 Å². The van der Waals surface area contributed by atoms with Gasteiger partial charge in [0.1, 0.15) is 5.75 Å². The topological polar surface area (TPSA) is 49.3 Å². The van der Waals surface area contributed by atoms with Gasteiger partial charge in [-0.2, -0.15) is 0 Å². The number of carbonyl (C=O) groups is 1. The van der Waals surface area contributed by atoms with Gasteiger partial charge >= 0.3 is 0 Å². The van der Waals surface area contributed by atoms with E-state index in [1.54, 1.807) is 18.2 Å². The predicted molar refractivity (Wildman–Crippen MR) is 56.2 cm³/mol. The first-order valence-electron chi connectivity index (χ1n) is 4.73. The molecule has 1 aromatic rings. The molecule has 1 rings (SSSR count). The quantitative estimate of drug-likeness (QED) is 0.774. The van der Waals surface area contributed by atoms with E-state index in [0.29, 0.717) is 5.69 Å². The lowest BCUT2D eigenvalue weighted by Gasteiger charge is -2.09. The van der Waals surface area contributed by atoms with Crippen molar-refractivity contribution in [3.8, 4) is 5.75 Å². The first kappa shape index (κ1) is 10.6. The van der Waals surface area contributed by atoms with Gasteiger partial charge in [0.25, 0.3) is 0 Å². The lowest BCUT2D eigenvalue weighted by molar-refractivity contribution is -0.119. The predicted octanol–water partition coefficient (Wildman–Crippen LogP) is 2.38. The molecule has 3 heteroatoms. The van der Waals surface area contributed by atoms with Gasteiger partial charge in [0.15, 0.2) is 0 Å². The lowest BCUT2D eigenvalue weighted by Crippen LogP contribution is -2.19. The molecule has 1 aromatic carbocycles. The molecule has 1 amide bonds. The van der Waals surface area contributed by atoms with Crippen molar-refractivity contribution < 1.29 is 9.90 Å². The Hall–Kier alpha value is -1.51. The van der Waals surface area contributed by atoms with Crippen LogP contribution in [0.5, 0.6) is 5.75 Å². The fourth-order valence-corrected chi connectivity index (χ4v) is 1.03. The average molecular weight is 193 g/mol. The molecule has 0 aliphatic rings. The van der Waals surface area contributed by atoms with E-state index >= 15 is 0 Å². The molecule has 1 atom stereocenters. The Morgan fingerprint density at radius 1 is 1.57 bits per heavy atom. The van der Waals surface area contributed by atoms with Crippen LogP contribution in [0.2, 0.25) is 0 Å². The molecule has 3 nitrogen and oxygen atoms in total. The van der Waals surface area contributed by atoms with Crippen molar-refractivity contribution in [2.75, 3.05) is 5.32 Å². The summed E-state index contributed by atoms with van der Waals surface area (Å²) in [6.45, 7) is 3.84. The van der Waals surface area contributed by atoms with Gasteiger partial charge in [-0.15, -0.1) is 0 Å². The highest BCUT2D eigenvalue weighted by atomic mass is 16.3. The molecule has 2 N–H and O–H groups in total. The molecule has 14 heavy (non-hydrogen) atoms. The normalized spacial score (nSPS) is 12.1. The van der Waals surface area contributed by atoms with Gasteiger partial charge in [0.2, 0.25) is 5.91 Å². The number of anilines is 1. The van der Waals surface area contributed by atoms with E-state index in [9.17, 15) is 9.90 Å². The summed E-state index contributed by atoms with van der Waals surface area (Å²) in [6, 6.07) is 6.54. The Bertz CT molecular complexity index is 323. The SMILES string of the molecule is CCC(C)C(=O)Nc1cccc(O)c1. The standard InChI is InChI=1S/C11H15NO2/c1-3-8(2)11(14)12-9-5-4-6-10(13)7-9/h4-8,13H,3H2,1-2H3,(H,12,14). The van der Waals surface area contributed by atoms with Gasteiger partial charge in [0, 0.05) is 17.7 Å². The summed E-state index contributed by atoms with van der Waals surface area (Å²) in [5.41, 5.74) is 0.635. The first-order chi connectivity index (χ1) is 6.63. The average Bonchev–Trinajstić information content (AvgIpc) is 2.16. The highest BCUT2D eigenvalue weighted by molar-refractivity contribution is 5.92. The van der Waals surface area contributed by atoms with Crippen LogP contribution in [-0.2, 0) is 4.79 Å². The Balaban J connectivity index is 2.65. The maximum absolute atomic E-state index is 11.5. The molecular weight excluding hydrogens is 178 g/mol. The molecule has 0 spiro atoms. The monoisotopic (exact) mass is 193 g/mol. The minimum absolute atomic E-state index is 0.00245. The van der Waals surface area contributed by atoms with Crippen LogP contribution in [0.4, 0.5) is 5.69 Å². The third kappa shape index (κ3) is 2.76. The molecule has 0 aromatic heterocycles. The summed E-state index contributed by atoms with van der Waals surface area (Å²) < 4.78 is 0. The number of amides is 1. The molecule has 0 radical (unpaired) electrons. The van der Waals surface area contributed by atoms with Crippen LogP contribution in [0.25, 0.3) is 0 Å². The van der Waals surface area contributed by atoms with E-state index in [-0.39, 0.29) is 17.6 Å². The van der Waals surface area contributed by atoms with Crippen LogP contribution < -0.4 is 5.32 Å². The third-order valence-electron chi connectivity index (χ3n) is 2.17. The second-order valence-electron chi connectivity index (χ2n) is 3.35. The molecule has 0 heterocycles. The second-order valence-corrected chi connectivity index (χ2v) is 3.35. The van der Waals surface area contributed by atoms with Crippen LogP contribution in [0, 0.1) is 5.92 Å². The number of carbonyl (C=O) groups excluding carboxylic acids is 1. The van der Waals surface area contributed by atoms with Gasteiger partial charge in [-0.05, 0) is 18.6 Å². The highest BCUT2D eigenvalue weighted by Gasteiger charge is 2.10. The molecular formula is C11H15NO2. The first-order valence-corrected chi connectivity index (χ1v) is 4.73. The zero-order valence-corrected chi connectivity index (χ0v) is 8.45. The highest BCUT2D eigenvalue weighted by Crippen LogP contribution is 2.16. The molecule has 76 valence electrons. The van der Waals surface area contributed by atoms with Crippen molar-refractivity contribution in [3.05, 3.63) is 24.3 Å². The van der Waals surface area contributed by atoms with Crippen LogP contribution in [-0.4, -0.2) is 11.0 Å². The number of aromatic hydroxyl groups is 1. The third-order valence-corrected chi connectivity index (χ3v) is 2.17. The fourth-order valence-electron chi connectivity index (χ4n) is 1.03. The summed E-state index contributed by atoms with van der Waals surface area (Å²) in [7, 11) is 0. The van der Waals surface area contributed by atoms with Crippen LogP contribution >= 0.6 is 0 Å². The van der Waals surface area contributed by atoms with Crippen molar-refractivity contribution in [2.45, 2.75) is 20.3 Å². The minimum Gasteiger partial charge on any atom is -0.508 e. The van der Waals surface area contributed by atoms with Crippen molar-refractivity contribution >= 4 is 11.6 Å². The fraction of sp³-hybridized carbons (Fsp3) is 0.364. The lowest BCUT2D eigenvalue weighted by atomic mass is 10.1. The number of hydrogen-bond acceptors (Lipinski definition) is 2. The Morgan fingerprint density at radius 3 is 2.86 bits per heavy atom. The largest absolute Gasteiger partial charge is 0.508 e. The second kappa shape index (κ2) is 4.65. The van der Waals surface area contributed by atoms with E-state index in [1.165, 1.54) is 6.07 Å². The van der Waals surface area contributed by atoms with Crippen LogP contribution in [0.1, 0.15) is 20.3 Å². The zero-order chi connectivity index (χ0) is 10.6. The minimum atomic E-state index is -0.0156. The number of benzene rings is 1. The zero-order valence-electron chi connectivity index (χ0n) is 8.45. The maximum Gasteiger partial charge on any atom is 0.227 e. The van der Waals surface area contributed by atoms with Crippen molar-refractivity contribution in [3.63, 3.8) is 0 Å². The Kier molecular flexibility index (Phi) is 3.51. The van der Waals surface area contributed by atoms with Gasteiger partial charge in [0.05, 0.1) is 0 Å². The van der Waals surface area contributed by atoms with Gasteiger partial charge in [-0.3, -0.25) is 4.79 Å². The summed E-state index contributed by atoms with van der Waals surface area (Å²) in [4.78, 5) is 11.5. The number of rotatable bonds is 3. The maximum atomic E-state index is 11.5. The number of phenolic OH excluding ortho intramolecular Hbond substituents is 1. The van der Waals surface area contributed by atoms with E-state index in [0.717, 1.165) is 6.42 Å². The molecule has 0 aliphatic heterocycles. The Morgan fingerprint density at radius 2 is 2.29 bits per heavy atom. The summed E-state index contributed by atoms with van der Waals surface area (Å²) in [5, 5.41) is 11.9.